The van der Waals surface area contributed by atoms with Crippen LogP contribution in [0.2, 0.25) is 0 Å². The van der Waals surface area contributed by atoms with Crippen LogP contribution in [0.25, 0.3) is 0 Å². The van der Waals surface area contributed by atoms with E-state index < -0.39 is 0 Å². The highest BCUT2D eigenvalue weighted by Crippen LogP contribution is 1.98. The Bertz CT molecular complexity index is 363. The zero-order valence-corrected chi connectivity index (χ0v) is 10.5. The summed E-state index contributed by atoms with van der Waals surface area (Å²) >= 11 is 0. The number of furan rings is 1. The summed E-state index contributed by atoms with van der Waals surface area (Å²) in [6.45, 7) is 1.82. The van der Waals surface area contributed by atoms with Crippen LogP contribution in [-0.2, 0) is 4.79 Å². The maximum atomic E-state index is 11.4. The van der Waals surface area contributed by atoms with E-state index in [-0.39, 0.29) is 24.0 Å². The third-order valence-electron chi connectivity index (χ3n) is 2.31. The molecule has 0 unspecified atom stereocenters. The molecule has 3 N–H and O–H groups in total. The first kappa shape index (κ1) is 14.2. The van der Waals surface area contributed by atoms with E-state index in [2.05, 4.69) is 16.0 Å². The number of nitrogens with one attached hydrogen (secondary N) is 3. The van der Waals surface area contributed by atoms with Crippen LogP contribution in [0, 0.1) is 0 Å². The Hall–Kier alpha value is -1.82. The van der Waals surface area contributed by atoms with E-state index in [9.17, 15) is 9.59 Å². The van der Waals surface area contributed by atoms with Crippen molar-refractivity contribution in [1.82, 2.24) is 16.0 Å². The summed E-state index contributed by atoms with van der Waals surface area (Å²) in [6.07, 6.45) is 2.59. The van der Waals surface area contributed by atoms with Crippen LogP contribution in [0.15, 0.2) is 22.8 Å². The number of hydrogen-bond donors (Lipinski definition) is 3. The van der Waals surface area contributed by atoms with Gasteiger partial charge in [0.1, 0.15) is 0 Å². The van der Waals surface area contributed by atoms with E-state index in [4.69, 9.17) is 4.42 Å². The standard InChI is InChI=1S/C12H19N3O3/c1-13-6-3-7-14-11(16)5-8-15-12(17)10-4-2-9-18-10/h2,4,9,13H,3,5-8H2,1H3,(H,14,16)(H,15,17). The molecule has 0 aliphatic carbocycles. The second-order valence-corrected chi connectivity index (χ2v) is 3.79. The maximum Gasteiger partial charge on any atom is 0.286 e. The van der Waals surface area contributed by atoms with Crippen molar-refractivity contribution in [2.45, 2.75) is 12.8 Å². The minimum atomic E-state index is -0.303. The maximum absolute atomic E-state index is 11.4. The number of rotatable bonds is 8. The highest BCUT2D eigenvalue weighted by molar-refractivity contribution is 5.91. The minimum absolute atomic E-state index is 0.0640. The first-order valence-electron chi connectivity index (χ1n) is 5.97. The minimum Gasteiger partial charge on any atom is -0.459 e. The van der Waals surface area contributed by atoms with Gasteiger partial charge < -0.3 is 20.4 Å². The zero-order chi connectivity index (χ0) is 13.2. The van der Waals surface area contributed by atoms with Crippen molar-refractivity contribution < 1.29 is 14.0 Å². The fourth-order valence-corrected chi connectivity index (χ4v) is 1.37. The molecular formula is C12H19N3O3. The third-order valence-corrected chi connectivity index (χ3v) is 2.31. The Morgan fingerprint density at radius 1 is 1.22 bits per heavy atom. The molecule has 2 amide bonds. The molecule has 0 radical (unpaired) electrons. The summed E-state index contributed by atoms with van der Waals surface area (Å²) in [6, 6.07) is 3.22. The van der Waals surface area contributed by atoms with Gasteiger partial charge in [0, 0.05) is 19.5 Å². The Balaban J connectivity index is 2.07. The van der Waals surface area contributed by atoms with E-state index in [0.29, 0.717) is 13.1 Å². The number of amides is 2. The van der Waals surface area contributed by atoms with Crippen LogP contribution < -0.4 is 16.0 Å². The highest BCUT2D eigenvalue weighted by Gasteiger charge is 2.08. The molecular weight excluding hydrogens is 234 g/mol. The molecule has 6 heteroatoms. The fraction of sp³-hybridized carbons (Fsp3) is 0.500. The average molecular weight is 253 g/mol. The lowest BCUT2D eigenvalue weighted by Gasteiger charge is -2.05. The Morgan fingerprint density at radius 2 is 2.06 bits per heavy atom. The van der Waals surface area contributed by atoms with Crippen LogP contribution in [0.3, 0.4) is 0 Å². The lowest BCUT2D eigenvalue weighted by atomic mass is 10.3. The second-order valence-electron chi connectivity index (χ2n) is 3.79. The van der Waals surface area contributed by atoms with Gasteiger partial charge in [-0.1, -0.05) is 0 Å². The van der Waals surface area contributed by atoms with E-state index in [1.165, 1.54) is 6.26 Å². The van der Waals surface area contributed by atoms with E-state index in [1.807, 2.05) is 7.05 Å². The molecule has 100 valence electrons. The molecule has 0 aliphatic heterocycles. The van der Waals surface area contributed by atoms with E-state index in [1.54, 1.807) is 12.1 Å². The van der Waals surface area contributed by atoms with Gasteiger partial charge in [0.2, 0.25) is 5.91 Å². The first-order chi connectivity index (χ1) is 8.74. The topological polar surface area (TPSA) is 83.4 Å². The Labute approximate surface area is 106 Å². The van der Waals surface area contributed by atoms with Gasteiger partial charge in [0.25, 0.3) is 5.91 Å². The van der Waals surface area contributed by atoms with Gasteiger partial charge in [-0.15, -0.1) is 0 Å². The van der Waals surface area contributed by atoms with E-state index in [0.717, 1.165) is 13.0 Å². The molecule has 0 bridgehead atoms. The zero-order valence-electron chi connectivity index (χ0n) is 10.5. The van der Waals surface area contributed by atoms with Crippen LogP contribution >= 0.6 is 0 Å². The monoisotopic (exact) mass is 253 g/mol. The molecule has 1 aromatic rings. The molecule has 18 heavy (non-hydrogen) atoms. The van der Waals surface area contributed by atoms with Gasteiger partial charge in [-0.3, -0.25) is 9.59 Å². The van der Waals surface area contributed by atoms with Gasteiger partial charge >= 0.3 is 0 Å². The van der Waals surface area contributed by atoms with E-state index >= 15 is 0 Å². The second kappa shape index (κ2) is 8.30. The third kappa shape index (κ3) is 5.49. The predicted molar refractivity (Wildman–Crippen MR) is 67.2 cm³/mol. The van der Waals surface area contributed by atoms with Crippen molar-refractivity contribution in [2.75, 3.05) is 26.7 Å². The summed E-state index contributed by atoms with van der Waals surface area (Å²) in [7, 11) is 1.87. The van der Waals surface area contributed by atoms with Crippen LogP contribution in [0.1, 0.15) is 23.4 Å². The summed E-state index contributed by atoms with van der Waals surface area (Å²) in [5.74, 6) is -0.113. The van der Waals surface area contributed by atoms with Crippen molar-refractivity contribution >= 4 is 11.8 Å². The lowest BCUT2D eigenvalue weighted by molar-refractivity contribution is -0.120. The molecule has 0 fully saturated rings. The van der Waals surface area contributed by atoms with Gasteiger partial charge in [0.15, 0.2) is 5.76 Å². The number of hydrogen-bond acceptors (Lipinski definition) is 4. The fourth-order valence-electron chi connectivity index (χ4n) is 1.37. The Kier molecular flexibility index (Phi) is 6.56. The molecule has 0 aliphatic rings. The summed E-state index contributed by atoms with van der Waals surface area (Å²) in [5.41, 5.74) is 0. The highest BCUT2D eigenvalue weighted by atomic mass is 16.3. The molecule has 0 saturated carbocycles. The summed E-state index contributed by atoms with van der Waals surface area (Å²) in [4.78, 5) is 22.8. The number of carbonyl (C=O) groups is 2. The van der Waals surface area contributed by atoms with Crippen molar-refractivity contribution in [1.29, 1.82) is 0 Å². The summed E-state index contributed by atoms with van der Waals surface area (Å²) in [5, 5.41) is 8.38. The lowest BCUT2D eigenvalue weighted by Crippen LogP contribution is -2.31. The van der Waals surface area contributed by atoms with Crippen LogP contribution in [0.4, 0.5) is 0 Å². The number of carbonyl (C=O) groups excluding carboxylic acids is 2. The van der Waals surface area contributed by atoms with Crippen molar-refractivity contribution in [2.24, 2.45) is 0 Å². The molecule has 0 saturated heterocycles. The van der Waals surface area contributed by atoms with Gasteiger partial charge in [-0.2, -0.15) is 0 Å². The van der Waals surface area contributed by atoms with Crippen molar-refractivity contribution in [3.8, 4) is 0 Å². The molecule has 1 heterocycles. The molecule has 0 aromatic carbocycles. The largest absolute Gasteiger partial charge is 0.459 e. The molecule has 0 atom stereocenters. The van der Waals surface area contributed by atoms with Gasteiger partial charge in [0.05, 0.1) is 6.26 Å². The van der Waals surface area contributed by atoms with Crippen molar-refractivity contribution in [3.05, 3.63) is 24.2 Å². The van der Waals surface area contributed by atoms with Crippen LogP contribution in [-0.4, -0.2) is 38.5 Å². The quantitative estimate of drug-likeness (QED) is 0.575. The SMILES string of the molecule is CNCCCNC(=O)CCNC(=O)c1ccco1. The van der Waals surface area contributed by atoms with Crippen molar-refractivity contribution in [3.63, 3.8) is 0 Å². The summed E-state index contributed by atoms with van der Waals surface area (Å²) < 4.78 is 4.93. The van der Waals surface area contributed by atoms with Crippen LogP contribution in [0.5, 0.6) is 0 Å². The molecule has 6 nitrogen and oxygen atoms in total. The smallest absolute Gasteiger partial charge is 0.286 e. The normalized spacial score (nSPS) is 10.1. The van der Waals surface area contributed by atoms with Gasteiger partial charge in [-0.25, -0.2) is 0 Å². The molecule has 1 rings (SSSR count). The predicted octanol–water partition coefficient (Wildman–Crippen LogP) is 0.125. The molecule has 0 spiro atoms. The van der Waals surface area contributed by atoms with Gasteiger partial charge in [-0.05, 0) is 32.1 Å². The molecule has 1 aromatic heterocycles. The average Bonchev–Trinajstić information content (AvgIpc) is 2.88. The first-order valence-corrected chi connectivity index (χ1v) is 5.97. The Morgan fingerprint density at radius 3 is 2.72 bits per heavy atom.